The van der Waals surface area contributed by atoms with Gasteiger partial charge in [-0.3, -0.25) is 9.59 Å². The molecule has 0 aromatic heterocycles. The van der Waals surface area contributed by atoms with E-state index in [1.807, 2.05) is 12.1 Å². The van der Waals surface area contributed by atoms with E-state index in [9.17, 15) is 19.8 Å². The van der Waals surface area contributed by atoms with Crippen LogP contribution in [0.15, 0.2) is 24.3 Å². The number of carbonyl (C=O) groups excluding carboxylic acids is 2. The lowest BCUT2D eigenvalue weighted by Crippen LogP contribution is -2.14. The van der Waals surface area contributed by atoms with Crippen molar-refractivity contribution >= 4 is 11.9 Å². The Morgan fingerprint density at radius 1 is 0.641 bits per heavy atom. The number of ether oxygens (including phenoxy) is 2. The molecular formula is C33H48O6. The molecule has 0 saturated heterocycles. The zero-order chi connectivity index (χ0) is 29.4. The number of rotatable bonds is 12. The molecule has 0 bridgehead atoms. The predicted octanol–water partition coefficient (Wildman–Crippen LogP) is 7.06. The van der Waals surface area contributed by atoms with Crippen LogP contribution in [0.4, 0.5) is 0 Å². The molecule has 6 heteroatoms. The van der Waals surface area contributed by atoms with Gasteiger partial charge in [0.1, 0.15) is 11.5 Å². The average molecular weight is 541 g/mol. The van der Waals surface area contributed by atoms with Gasteiger partial charge in [-0.15, -0.1) is 0 Å². The SMILES string of the molecule is CC(=O)OCCCCc1cc(Cc2cc(CCCCOC(C)=O)cc(C(C)(C)C)c2O)c(O)c(C(C)(C)C)c1. The second kappa shape index (κ2) is 13.9. The number of phenolic OH excluding ortho intramolecular Hbond substituents is 2. The first-order valence-corrected chi connectivity index (χ1v) is 14.1. The Hall–Kier alpha value is -3.02. The minimum absolute atomic E-state index is 0.255. The van der Waals surface area contributed by atoms with Crippen LogP contribution in [0.25, 0.3) is 0 Å². The minimum atomic E-state index is -0.266. The molecule has 2 rings (SSSR count). The fourth-order valence-corrected chi connectivity index (χ4v) is 4.72. The fourth-order valence-electron chi connectivity index (χ4n) is 4.72. The van der Waals surface area contributed by atoms with E-state index in [-0.39, 0.29) is 34.3 Å². The van der Waals surface area contributed by atoms with Gasteiger partial charge in [0.15, 0.2) is 0 Å². The van der Waals surface area contributed by atoms with Crippen LogP contribution >= 0.6 is 0 Å². The number of carbonyl (C=O) groups is 2. The summed E-state index contributed by atoms with van der Waals surface area (Å²) in [5.41, 5.74) is 5.07. The van der Waals surface area contributed by atoms with E-state index in [4.69, 9.17) is 9.47 Å². The van der Waals surface area contributed by atoms with E-state index in [0.29, 0.717) is 19.6 Å². The van der Waals surface area contributed by atoms with Crippen molar-refractivity contribution in [2.24, 2.45) is 0 Å². The minimum Gasteiger partial charge on any atom is -0.507 e. The molecule has 0 atom stereocenters. The summed E-state index contributed by atoms with van der Waals surface area (Å²) in [4.78, 5) is 22.1. The van der Waals surface area contributed by atoms with Gasteiger partial charge in [0.05, 0.1) is 13.2 Å². The Morgan fingerprint density at radius 3 is 1.31 bits per heavy atom. The zero-order valence-corrected chi connectivity index (χ0v) is 25.2. The second-order valence-corrected chi connectivity index (χ2v) is 12.6. The van der Waals surface area contributed by atoms with Crippen LogP contribution in [0.5, 0.6) is 11.5 Å². The van der Waals surface area contributed by atoms with Crippen LogP contribution in [0.3, 0.4) is 0 Å². The van der Waals surface area contributed by atoms with E-state index >= 15 is 0 Å². The normalized spacial score (nSPS) is 11.9. The van der Waals surface area contributed by atoms with Crippen molar-refractivity contribution < 1.29 is 29.3 Å². The van der Waals surface area contributed by atoms with E-state index in [0.717, 1.165) is 71.9 Å². The molecule has 6 nitrogen and oxygen atoms in total. The molecule has 0 amide bonds. The Balaban J connectivity index is 2.39. The Morgan fingerprint density at radius 2 is 1.00 bits per heavy atom. The van der Waals surface area contributed by atoms with Gasteiger partial charge in [-0.2, -0.15) is 0 Å². The summed E-state index contributed by atoms with van der Waals surface area (Å²) in [6.45, 7) is 16.2. The van der Waals surface area contributed by atoms with Crippen LogP contribution in [0.2, 0.25) is 0 Å². The van der Waals surface area contributed by atoms with E-state index in [1.54, 1.807) is 0 Å². The summed E-state index contributed by atoms with van der Waals surface area (Å²) in [5, 5.41) is 22.7. The average Bonchev–Trinajstić information content (AvgIpc) is 2.80. The Kier molecular flexibility index (Phi) is 11.4. The number of hydrogen-bond acceptors (Lipinski definition) is 6. The van der Waals surface area contributed by atoms with Gasteiger partial charge in [0.25, 0.3) is 0 Å². The molecule has 216 valence electrons. The molecule has 0 unspecified atom stereocenters. The fraction of sp³-hybridized carbons (Fsp3) is 0.576. The Labute approximate surface area is 234 Å². The van der Waals surface area contributed by atoms with Crippen molar-refractivity contribution in [2.45, 2.75) is 111 Å². The number of phenols is 2. The quantitative estimate of drug-likeness (QED) is 0.221. The number of aryl methyl sites for hydroxylation is 2. The lowest BCUT2D eigenvalue weighted by atomic mass is 9.81. The van der Waals surface area contributed by atoms with Gasteiger partial charge in [-0.25, -0.2) is 0 Å². The molecule has 0 heterocycles. The molecular weight excluding hydrogens is 492 g/mol. The molecule has 0 radical (unpaired) electrons. The first-order chi connectivity index (χ1) is 18.1. The number of benzene rings is 2. The largest absolute Gasteiger partial charge is 0.507 e. The van der Waals surface area contributed by atoms with Crippen molar-refractivity contribution in [3.8, 4) is 11.5 Å². The van der Waals surface area contributed by atoms with Gasteiger partial charge in [0, 0.05) is 20.3 Å². The molecule has 0 spiro atoms. The lowest BCUT2D eigenvalue weighted by Gasteiger charge is -2.25. The standard InChI is InChI=1S/C33H48O6/c1-22(34)38-15-11-9-13-24-17-26(30(36)28(19-24)32(3,4)5)21-27-18-25(14-10-12-16-39-23(2)35)20-29(31(27)37)33(6,7)8/h17-20,36-37H,9-16,21H2,1-8H3. The first kappa shape index (κ1) is 32.2. The van der Waals surface area contributed by atoms with Crippen molar-refractivity contribution in [3.63, 3.8) is 0 Å². The highest BCUT2D eigenvalue weighted by molar-refractivity contribution is 5.66. The van der Waals surface area contributed by atoms with Crippen LogP contribution in [-0.4, -0.2) is 35.4 Å². The third-order valence-corrected chi connectivity index (χ3v) is 6.82. The molecule has 2 aromatic rings. The van der Waals surface area contributed by atoms with Crippen LogP contribution in [0.1, 0.15) is 114 Å². The topological polar surface area (TPSA) is 93.1 Å². The molecule has 0 fully saturated rings. The van der Waals surface area contributed by atoms with Gasteiger partial charge in [0.2, 0.25) is 0 Å². The summed E-state index contributed by atoms with van der Waals surface area (Å²) in [6.07, 6.45) is 5.29. The van der Waals surface area contributed by atoms with Crippen molar-refractivity contribution in [1.82, 2.24) is 0 Å². The van der Waals surface area contributed by atoms with Crippen molar-refractivity contribution in [1.29, 1.82) is 0 Å². The molecule has 0 saturated carbocycles. The van der Waals surface area contributed by atoms with Crippen LogP contribution in [0, 0.1) is 0 Å². The summed E-state index contributed by atoms with van der Waals surface area (Å²) in [5.74, 6) is 0.0142. The highest BCUT2D eigenvalue weighted by atomic mass is 16.5. The molecule has 0 aliphatic carbocycles. The second-order valence-electron chi connectivity index (χ2n) is 12.6. The number of unbranched alkanes of at least 4 members (excludes halogenated alkanes) is 2. The van der Waals surface area contributed by atoms with E-state index in [1.165, 1.54) is 13.8 Å². The predicted molar refractivity (Wildman–Crippen MR) is 156 cm³/mol. The number of esters is 2. The summed E-state index contributed by atoms with van der Waals surface area (Å²) in [6, 6.07) is 8.23. The third kappa shape index (κ3) is 10.2. The molecule has 39 heavy (non-hydrogen) atoms. The molecule has 2 aromatic carbocycles. The number of hydrogen-bond donors (Lipinski definition) is 2. The molecule has 0 aliphatic rings. The zero-order valence-electron chi connectivity index (χ0n) is 25.2. The summed E-state index contributed by atoms with van der Waals surface area (Å²) >= 11 is 0. The van der Waals surface area contributed by atoms with Crippen LogP contribution in [-0.2, 0) is 49.2 Å². The monoisotopic (exact) mass is 540 g/mol. The first-order valence-electron chi connectivity index (χ1n) is 14.1. The van der Waals surface area contributed by atoms with E-state index < -0.39 is 0 Å². The highest BCUT2D eigenvalue weighted by Crippen LogP contribution is 2.40. The Bertz CT molecular complexity index is 1040. The smallest absolute Gasteiger partial charge is 0.302 e. The van der Waals surface area contributed by atoms with Crippen molar-refractivity contribution in [2.75, 3.05) is 13.2 Å². The number of aromatic hydroxyl groups is 2. The maximum atomic E-state index is 11.3. The summed E-state index contributed by atoms with van der Waals surface area (Å²) < 4.78 is 10.1. The molecule has 2 N–H and O–H groups in total. The van der Waals surface area contributed by atoms with Gasteiger partial charge >= 0.3 is 11.9 Å². The third-order valence-electron chi connectivity index (χ3n) is 6.82. The van der Waals surface area contributed by atoms with Crippen molar-refractivity contribution in [3.05, 3.63) is 57.6 Å². The van der Waals surface area contributed by atoms with Crippen LogP contribution < -0.4 is 0 Å². The maximum absolute atomic E-state index is 11.3. The lowest BCUT2D eigenvalue weighted by molar-refractivity contribution is -0.142. The van der Waals surface area contributed by atoms with E-state index in [2.05, 4.69) is 53.7 Å². The van der Waals surface area contributed by atoms with Gasteiger partial charge < -0.3 is 19.7 Å². The highest BCUT2D eigenvalue weighted by Gasteiger charge is 2.25. The molecule has 0 aliphatic heterocycles. The van der Waals surface area contributed by atoms with Gasteiger partial charge in [-0.05, 0) is 82.7 Å². The van der Waals surface area contributed by atoms with Gasteiger partial charge in [-0.1, -0.05) is 65.8 Å². The summed E-state index contributed by atoms with van der Waals surface area (Å²) in [7, 11) is 0. The maximum Gasteiger partial charge on any atom is 0.302 e.